The fourth-order valence-electron chi connectivity index (χ4n) is 1.95. The summed E-state index contributed by atoms with van der Waals surface area (Å²) in [6, 6.07) is 14.7. The summed E-state index contributed by atoms with van der Waals surface area (Å²) in [4.78, 5) is 23.8. The van der Waals surface area contributed by atoms with E-state index >= 15 is 0 Å². The first-order chi connectivity index (χ1) is 10.1. The molecule has 0 aliphatic carbocycles. The number of hydrogen-bond donors (Lipinski definition) is 2. The highest BCUT2D eigenvalue weighted by atomic mass is 16.2. The third-order valence-electron chi connectivity index (χ3n) is 3.16. The lowest BCUT2D eigenvalue weighted by molar-refractivity contribution is -0.133. The largest absolute Gasteiger partial charge is 0.318 e. The predicted molar refractivity (Wildman–Crippen MR) is 84.3 cm³/mol. The second kappa shape index (κ2) is 6.70. The Bertz CT molecular complexity index is 648. The van der Waals surface area contributed by atoms with E-state index in [0.717, 1.165) is 17.5 Å². The van der Waals surface area contributed by atoms with Crippen LogP contribution in [0.4, 0.5) is 11.4 Å². The summed E-state index contributed by atoms with van der Waals surface area (Å²) in [7, 11) is 0. The molecule has 2 aromatic carbocycles. The van der Waals surface area contributed by atoms with E-state index in [-0.39, 0.29) is 0 Å². The summed E-state index contributed by atoms with van der Waals surface area (Å²) in [6.07, 6.45) is 0.788. The average molecular weight is 282 g/mol. The van der Waals surface area contributed by atoms with Crippen LogP contribution in [0.15, 0.2) is 48.5 Å². The van der Waals surface area contributed by atoms with Crippen molar-refractivity contribution in [1.29, 1.82) is 0 Å². The standard InChI is InChI=1S/C17H18N2O2/c1-3-13-6-4-5-7-15(13)19-17(21)16(20)18-14-10-8-12(2)9-11-14/h4-11H,3H2,1-2H3,(H,18,20)(H,19,21). The molecule has 0 aliphatic heterocycles. The lowest BCUT2D eigenvalue weighted by Crippen LogP contribution is -2.29. The van der Waals surface area contributed by atoms with Gasteiger partial charge in [-0.25, -0.2) is 0 Å². The van der Waals surface area contributed by atoms with Gasteiger partial charge >= 0.3 is 11.8 Å². The summed E-state index contributed by atoms with van der Waals surface area (Å²) in [6.45, 7) is 3.96. The first-order valence-corrected chi connectivity index (χ1v) is 6.87. The van der Waals surface area contributed by atoms with Gasteiger partial charge in [-0.2, -0.15) is 0 Å². The van der Waals surface area contributed by atoms with Gasteiger partial charge in [0.05, 0.1) is 0 Å². The van der Waals surface area contributed by atoms with Crippen LogP contribution in [-0.4, -0.2) is 11.8 Å². The lowest BCUT2D eigenvalue weighted by Gasteiger charge is -2.10. The Balaban J connectivity index is 2.02. The molecule has 2 N–H and O–H groups in total. The second-order valence-electron chi connectivity index (χ2n) is 4.78. The van der Waals surface area contributed by atoms with Crippen LogP contribution < -0.4 is 10.6 Å². The van der Waals surface area contributed by atoms with Crippen molar-refractivity contribution in [3.63, 3.8) is 0 Å². The molecule has 0 aliphatic rings. The summed E-state index contributed by atoms with van der Waals surface area (Å²) >= 11 is 0. The highest BCUT2D eigenvalue weighted by Gasteiger charge is 2.15. The number of carbonyl (C=O) groups excluding carboxylic acids is 2. The molecular weight excluding hydrogens is 264 g/mol. The second-order valence-corrected chi connectivity index (χ2v) is 4.78. The SMILES string of the molecule is CCc1ccccc1NC(=O)C(=O)Nc1ccc(C)cc1. The van der Waals surface area contributed by atoms with Gasteiger partial charge in [-0.3, -0.25) is 9.59 Å². The molecular formula is C17H18N2O2. The maximum Gasteiger partial charge on any atom is 0.314 e. The Kier molecular flexibility index (Phi) is 4.72. The molecule has 2 rings (SSSR count). The number of rotatable bonds is 3. The summed E-state index contributed by atoms with van der Waals surface area (Å²) in [5, 5.41) is 5.22. The Morgan fingerprint density at radius 2 is 1.52 bits per heavy atom. The van der Waals surface area contributed by atoms with Crippen molar-refractivity contribution < 1.29 is 9.59 Å². The van der Waals surface area contributed by atoms with E-state index in [2.05, 4.69) is 10.6 Å². The van der Waals surface area contributed by atoms with Gasteiger partial charge in [0.1, 0.15) is 0 Å². The molecule has 108 valence electrons. The maximum atomic E-state index is 11.9. The molecule has 0 saturated carbocycles. The first kappa shape index (κ1) is 14.8. The number of benzene rings is 2. The number of aryl methyl sites for hydroxylation is 2. The molecule has 0 fully saturated rings. The minimum absolute atomic E-state index is 0.601. The van der Waals surface area contributed by atoms with Crippen molar-refractivity contribution in [1.82, 2.24) is 0 Å². The van der Waals surface area contributed by atoms with Gasteiger partial charge in [-0.15, -0.1) is 0 Å². The zero-order valence-corrected chi connectivity index (χ0v) is 12.1. The van der Waals surface area contributed by atoms with Gasteiger partial charge in [0.2, 0.25) is 0 Å². The highest BCUT2D eigenvalue weighted by Crippen LogP contribution is 2.15. The van der Waals surface area contributed by atoms with Crippen molar-refractivity contribution >= 4 is 23.2 Å². The van der Waals surface area contributed by atoms with Gasteiger partial charge in [-0.05, 0) is 37.1 Å². The Labute approximate surface area is 124 Å². The number of carbonyl (C=O) groups is 2. The molecule has 0 unspecified atom stereocenters. The van der Waals surface area contributed by atoms with E-state index in [1.54, 1.807) is 18.2 Å². The Morgan fingerprint density at radius 3 is 2.19 bits per heavy atom. The molecule has 0 radical (unpaired) electrons. The average Bonchev–Trinajstić information content (AvgIpc) is 2.50. The predicted octanol–water partition coefficient (Wildman–Crippen LogP) is 3.13. The van der Waals surface area contributed by atoms with Crippen LogP contribution in [0.25, 0.3) is 0 Å². The third-order valence-corrected chi connectivity index (χ3v) is 3.16. The van der Waals surface area contributed by atoms with E-state index in [4.69, 9.17) is 0 Å². The summed E-state index contributed by atoms with van der Waals surface area (Å²) < 4.78 is 0. The van der Waals surface area contributed by atoms with Gasteiger partial charge < -0.3 is 10.6 Å². The molecule has 0 spiro atoms. The van der Waals surface area contributed by atoms with Crippen LogP contribution in [0.2, 0.25) is 0 Å². The first-order valence-electron chi connectivity index (χ1n) is 6.87. The Hall–Kier alpha value is -2.62. The van der Waals surface area contributed by atoms with E-state index in [1.807, 2.05) is 44.2 Å². The molecule has 2 amide bonds. The van der Waals surface area contributed by atoms with Crippen LogP contribution >= 0.6 is 0 Å². The van der Waals surface area contributed by atoms with E-state index in [1.165, 1.54) is 0 Å². The number of anilines is 2. The van der Waals surface area contributed by atoms with Crippen molar-refractivity contribution in [2.24, 2.45) is 0 Å². The third kappa shape index (κ3) is 3.92. The van der Waals surface area contributed by atoms with E-state index in [0.29, 0.717) is 11.4 Å². The van der Waals surface area contributed by atoms with Crippen LogP contribution in [-0.2, 0) is 16.0 Å². The number of hydrogen-bond acceptors (Lipinski definition) is 2. The van der Waals surface area contributed by atoms with Crippen LogP contribution in [0, 0.1) is 6.92 Å². The van der Waals surface area contributed by atoms with Crippen LogP contribution in [0.1, 0.15) is 18.1 Å². The van der Waals surface area contributed by atoms with Crippen molar-refractivity contribution in [2.45, 2.75) is 20.3 Å². The van der Waals surface area contributed by atoms with Gasteiger partial charge in [-0.1, -0.05) is 42.8 Å². The summed E-state index contributed by atoms with van der Waals surface area (Å²) in [5.41, 5.74) is 3.36. The topological polar surface area (TPSA) is 58.2 Å². The molecule has 0 bridgehead atoms. The normalized spacial score (nSPS) is 10.0. The fourth-order valence-corrected chi connectivity index (χ4v) is 1.95. The molecule has 0 aromatic heterocycles. The smallest absolute Gasteiger partial charge is 0.314 e. The molecule has 0 atom stereocenters. The van der Waals surface area contributed by atoms with E-state index < -0.39 is 11.8 Å². The van der Waals surface area contributed by atoms with Crippen molar-refractivity contribution in [3.05, 3.63) is 59.7 Å². The molecule has 0 heterocycles. The minimum Gasteiger partial charge on any atom is -0.318 e. The number of amides is 2. The zero-order valence-electron chi connectivity index (χ0n) is 12.1. The van der Waals surface area contributed by atoms with Gasteiger partial charge in [0.25, 0.3) is 0 Å². The lowest BCUT2D eigenvalue weighted by atomic mass is 10.1. The molecule has 4 nitrogen and oxygen atoms in total. The van der Waals surface area contributed by atoms with Crippen molar-refractivity contribution in [3.8, 4) is 0 Å². The number of para-hydroxylation sites is 1. The van der Waals surface area contributed by atoms with Gasteiger partial charge in [0, 0.05) is 11.4 Å². The monoisotopic (exact) mass is 282 g/mol. The number of nitrogens with one attached hydrogen (secondary N) is 2. The minimum atomic E-state index is -0.676. The summed E-state index contributed by atoms with van der Waals surface area (Å²) in [5.74, 6) is -1.35. The maximum absolute atomic E-state index is 11.9. The van der Waals surface area contributed by atoms with Crippen molar-refractivity contribution in [2.75, 3.05) is 10.6 Å². The fraction of sp³-hybridized carbons (Fsp3) is 0.176. The molecule has 4 heteroatoms. The quantitative estimate of drug-likeness (QED) is 0.850. The zero-order chi connectivity index (χ0) is 15.2. The molecule has 21 heavy (non-hydrogen) atoms. The highest BCUT2D eigenvalue weighted by molar-refractivity contribution is 6.43. The van der Waals surface area contributed by atoms with Crippen LogP contribution in [0.3, 0.4) is 0 Å². The molecule has 2 aromatic rings. The Morgan fingerprint density at radius 1 is 0.905 bits per heavy atom. The van der Waals surface area contributed by atoms with Gasteiger partial charge in [0.15, 0.2) is 0 Å². The van der Waals surface area contributed by atoms with Crippen LogP contribution in [0.5, 0.6) is 0 Å². The van der Waals surface area contributed by atoms with E-state index in [9.17, 15) is 9.59 Å². The molecule has 0 saturated heterocycles.